The maximum Gasteiger partial charge on any atom is 0.251 e. The van der Waals surface area contributed by atoms with Crippen molar-refractivity contribution in [1.82, 2.24) is 5.32 Å². The van der Waals surface area contributed by atoms with Crippen LogP contribution in [0, 0.1) is 5.92 Å². The molecule has 1 amide bonds. The van der Waals surface area contributed by atoms with Crippen LogP contribution >= 0.6 is 0 Å². The number of nitrogens with one attached hydrogen (secondary N) is 2. The summed E-state index contributed by atoms with van der Waals surface area (Å²) in [7, 11) is 0. The molecule has 0 aliphatic carbocycles. The summed E-state index contributed by atoms with van der Waals surface area (Å²) < 4.78 is 0. The summed E-state index contributed by atoms with van der Waals surface area (Å²) in [5.41, 5.74) is 3.98. The van der Waals surface area contributed by atoms with Gasteiger partial charge in [-0.1, -0.05) is 13.8 Å². The number of nitrogen functional groups attached to an aromatic ring is 1. The molecule has 4 N–H and O–H groups in total. The molecule has 1 rings (SSSR count). The molecule has 18 heavy (non-hydrogen) atoms. The highest BCUT2D eigenvalue weighted by Crippen LogP contribution is 2.10. The summed E-state index contributed by atoms with van der Waals surface area (Å²) >= 11 is 0. The number of hydrogen-bond donors (Lipinski definition) is 3. The summed E-state index contributed by atoms with van der Waals surface area (Å²) in [6.07, 6.45) is 2.13. The van der Waals surface area contributed by atoms with Crippen molar-refractivity contribution in [3.8, 4) is 0 Å². The predicted octanol–water partition coefficient (Wildman–Crippen LogP) is 2.53. The maximum atomic E-state index is 11.9. The molecule has 0 saturated carbocycles. The van der Waals surface area contributed by atoms with Gasteiger partial charge in [-0.25, -0.2) is 0 Å². The van der Waals surface area contributed by atoms with Gasteiger partial charge in [-0.15, -0.1) is 0 Å². The highest BCUT2D eigenvalue weighted by Gasteiger charge is 2.10. The lowest BCUT2D eigenvalue weighted by Crippen LogP contribution is -2.32. The summed E-state index contributed by atoms with van der Waals surface area (Å²) in [4.78, 5) is 11.9. The molecule has 0 fully saturated rings. The first-order chi connectivity index (χ1) is 8.52. The molecule has 0 saturated heterocycles. The van der Waals surface area contributed by atoms with Crippen molar-refractivity contribution >= 4 is 11.6 Å². The molecule has 0 bridgehead atoms. The van der Waals surface area contributed by atoms with Crippen LogP contribution in [-0.2, 0) is 0 Å². The minimum Gasteiger partial charge on any atom is -0.350 e. The zero-order chi connectivity index (χ0) is 13.5. The number of anilines is 1. The van der Waals surface area contributed by atoms with E-state index in [0.29, 0.717) is 11.5 Å². The van der Waals surface area contributed by atoms with Crippen LogP contribution in [0.5, 0.6) is 0 Å². The molecule has 1 aromatic rings. The van der Waals surface area contributed by atoms with E-state index in [0.717, 1.165) is 18.5 Å². The van der Waals surface area contributed by atoms with E-state index in [4.69, 9.17) is 5.84 Å². The number of hydrazine groups is 1. The Morgan fingerprint density at radius 1 is 1.17 bits per heavy atom. The van der Waals surface area contributed by atoms with Crippen molar-refractivity contribution in [3.05, 3.63) is 29.8 Å². The highest BCUT2D eigenvalue weighted by atomic mass is 16.1. The van der Waals surface area contributed by atoms with Gasteiger partial charge in [-0.05, 0) is 49.9 Å². The van der Waals surface area contributed by atoms with Crippen molar-refractivity contribution in [2.75, 3.05) is 5.43 Å². The van der Waals surface area contributed by atoms with Gasteiger partial charge in [0.15, 0.2) is 0 Å². The third kappa shape index (κ3) is 4.75. The molecule has 0 aliphatic rings. The fourth-order valence-electron chi connectivity index (χ4n) is 1.68. The van der Waals surface area contributed by atoms with Crippen LogP contribution in [0.3, 0.4) is 0 Å². The minimum absolute atomic E-state index is 0.0326. The topological polar surface area (TPSA) is 67.2 Å². The average molecular weight is 249 g/mol. The molecular formula is C14H23N3O. The number of benzene rings is 1. The molecule has 0 aliphatic heterocycles. The normalized spacial score (nSPS) is 12.3. The van der Waals surface area contributed by atoms with Gasteiger partial charge < -0.3 is 10.7 Å². The lowest BCUT2D eigenvalue weighted by atomic mass is 10.0. The van der Waals surface area contributed by atoms with Crippen LogP contribution in [-0.4, -0.2) is 11.9 Å². The van der Waals surface area contributed by atoms with Crippen molar-refractivity contribution < 1.29 is 4.79 Å². The SMILES string of the molecule is CC(C)CCC(C)NC(=O)c1ccc(NN)cc1. The molecule has 0 spiro atoms. The van der Waals surface area contributed by atoms with Crippen LogP contribution in [0.25, 0.3) is 0 Å². The highest BCUT2D eigenvalue weighted by molar-refractivity contribution is 5.94. The third-order valence-corrected chi connectivity index (χ3v) is 2.87. The van der Waals surface area contributed by atoms with E-state index < -0.39 is 0 Å². The summed E-state index contributed by atoms with van der Waals surface area (Å²) in [5.74, 6) is 5.91. The molecular weight excluding hydrogens is 226 g/mol. The molecule has 1 atom stereocenters. The number of carbonyl (C=O) groups excluding carboxylic acids is 1. The zero-order valence-electron chi connectivity index (χ0n) is 11.4. The standard InChI is InChI=1S/C14H23N3O/c1-10(2)4-5-11(3)16-14(18)12-6-8-13(17-15)9-7-12/h6-11,17H,4-5,15H2,1-3H3,(H,16,18). The van der Waals surface area contributed by atoms with Crippen molar-refractivity contribution in [2.45, 2.75) is 39.7 Å². The summed E-state index contributed by atoms with van der Waals surface area (Å²) in [6.45, 7) is 6.41. The quantitative estimate of drug-likeness (QED) is 0.536. The Kier molecular flexibility index (Phi) is 5.65. The fraction of sp³-hybridized carbons (Fsp3) is 0.500. The second-order valence-corrected chi connectivity index (χ2v) is 5.07. The fourth-order valence-corrected chi connectivity index (χ4v) is 1.68. The first kappa shape index (κ1) is 14.5. The van der Waals surface area contributed by atoms with E-state index in [1.165, 1.54) is 0 Å². The first-order valence-corrected chi connectivity index (χ1v) is 6.40. The van der Waals surface area contributed by atoms with Gasteiger partial charge >= 0.3 is 0 Å². The Morgan fingerprint density at radius 3 is 2.28 bits per heavy atom. The van der Waals surface area contributed by atoms with E-state index in [1.807, 2.05) is 6.92 Å². The second-order valence-electron chi connectivity index (χ2n) is 5.07. The van der Waals surface area contributed by atoms with E-state index >= 15 is 0 Å². The molecule has 4 nitrogen and oxygen atoms in total. The number of nitrogens with two attached hydrogens (primary N) is 1. The largest absolute Gasteiger partial charge is 0.350 e. The maximum absolute atomic E-state index is 11.9. The summed E-state index contributed by atoms with van der Waals surface area (Å²) in [5, 5.41) is 3.00. The first-order valence-electron chi connectivity index (χ1n) is 6.40. The third-order valence-electron chi connectivity index (χ3n) is 2.87. The van der Waals surface area contributed by atoms with Crippen LogP contribution in [0.1, 0.15) is 44.0 Å². The zero-order valence-corrected chi connectivity index (χ0v) is 11.4. The van der Waals surface area contributed by atoms with Gasteiger partial charge in [0.1, 0.15) is 0 Å². The van der Waals surface area contributed by atoms with Gasteiger partial charge in [-0.2, -0.15) is 0 Å². The Bertz CT molecular complexity index is 373. The lowest BCUT2D eigenvalue weighted by Gasteiger charge is -2.15. The van der Waals surface area contributed by atoms with E-state index in [1.54, 1.807) is 24.3 Å². The molecule has 4 heteroatoms. The average Bonchev–Trinajstić information content (AvgIpc) is 2.36. The van der Waals surface area contributed by atoms with Crippen LogP contribution in [0.15, 0.2) is 24.3 Å². The minimum atomic E-state index is -0.0326. The monoisotopic (exact) mass is 249 g/mol. The smallest absolute Gasteiger partial charge is 0.251 e. The van der Waals surface area contributed by atoms with Crippen molar-refractivity contribution in [1.29, 1.82) is 0 Å². The van der Waals surface area contributed by atoms with Crippen molar-refractivity contribution in [3.63, 3.8) is 0 Å². The Hall–Kier alpha value is -1.55. The van der Waals surface area contributed by atoms with E-state index in [-0.39, 0.29) is 11.9 Å². The van der Waals surface area contributed by atoms with E-state index in [2.05, 4.69) is 24.6 Å². The van der Waals surface area contributed by atoms with Gasteiger partial charge in [0.25, 0.3) is 5.91 Å². The van der Waals surface area contributed by atoms with Crippen LogP contribution in [0.2, 0.25) is 0 Å². The number of hydrogen-bond acceptors (Lipinski definition) is 3. The van der Waals surface area contributed by atoms with Crippen LogP contribution in [0.4, 0.5) is 5.69 Å². The van der Waals surface area contributed by atoms with Gasteiger partial charge in [0.05, 0.1) is 0 Å². The van der Waals surface area contributed by atoms with Crippen molar-refractivity contribution in [2.24, 2.45) is 11.8 Å². The predicted molar refractivity (Wildman–Crippen MR) is 75.3 cm³/mol. The number of carbonyl (C=O) groups is 1. The van der Waals surface area contributed by atoms with Crippen LogP contribution < -0.4 is 16.6 Å². The molecule has 0 radical (unpaired) electrons. The second kappa shape index (κ2) is 7.01. The Morgan fingerprint density at radius 2 is 1.78 bits per heavy atom. The lowest BCUT2D eigenvalue weighted by molar-refractivity contribution is 0.0937. The molecule has 0 aromatic heterocycles. The van der Waals surface area contributed by atoms with Gasteiger partial charge in [0, 0.05) is 17.3 Å². The summed E-state index contributed by atoms with van der Waals surface area (Å²) in [6, 6.07) is 7.30. The van der Waals surface area contributed by atoms with Gasteiger partial charge in [0.2, 0.25) is 0 Å². The van der Waals surface area contributed by atoms with E-state index in [9.17, 15) is 4.79 Å². The Labute approximate surface area is 109 Å². The number of amides is 1. The number of rotatable bonds is 6. The molecule has 1 aromatic carbocycles. The molecule has 0 heterocycles. The molecule has 1 unspecified atom stereocenters. The Balaban J connectivity index is 2.48. The van der Waals surface area contributed by atoms with Gasteiger partial charge in [-0.3, -0.25) is 10.6 Å². The molecule has 100 valence electrons.